The molecule has 4 rings (SSSR count). The van der Waals surface area contributed by atoms with Crippen LogP contribution in [-0.4, -0.2) is 35.7 Å². The number of carbonyl (C=O) groups excluding carboxylic acids is 1. The molecule has 0 saturated carbocycles. The largest absolute Gasteiger partial charge is 0.497 e. The zero-order valence-electron chi connectivity index (χ0n) is 16.5. The molecule has 7 heteroatoms. The number of amides is 1. The van der Waals surface area contributed by atoms with E-state index in [4.69, 9.17) is 27.2 Å². The number of fused-ring (bicyclic) bond motifs is 1. The Kier molecular flexibility index (Phi) is 5.20. The minimum Gasteiger partial charge on any atom is -0.497 e. The van der Waals surface area contributed by atoms with Crippen molar-refractivity contribution < 1.29 is 9.53 Å². The molecule has 0 fully saturated rings. The molecule has 0 aliphatic carbocycles. The van der Waals surface area contributed by atoms with Crippen LogP contribution in [0.25, 0.3) is 16.8 Å². The SMILES string of the molecule is CCc1nn2c(-c3ccc(OC)cc3Cl)cccc2c1N1CC=C(C(N)=O)CC1. The average Bonchev–Trinajstić information content (AvgIpc) is 3.12. The van der Waals surface area contributed by atoms with E-state index in [9.17, 15) is 4.79 Å². The summed E-state index contributed by atoms with van der Waals surface area (Å²) in [5.41, 5.74) is 11.1. The van der Waals surface area contributed by atoms with Gasteiger partial charge in [-0.2, -0.15) is 5.10 Å². The second-order valence-corrected chi connectivity index (χ2v) is 7.40. The maximum Gasteiger partial charge on any atom is 0.244 e. The molecule has 1 amide bonds. The van der Waals surface area contributed by atoms with E-state index < -0.39 is 0 Å². The van der Waals surface area contributed by atoms with Gasteiger partial charge in [-0.3, -0.25) is 4.79 Å². The summed E-state index contributed by atoms with van der Waals surface area (Å²) in [7, 11) is 1.62. The molecule has 0 saturated heterocycles. The molecule has 0 unspecified atom stereocenters. The van der Waals surface area contributed by atoms with Crippen LogP contribution >= 0.6 is 11.6 Å². The molecular formula is C22H23ClN4O2. The minimum absolute atomic E-state index is 0.336. The number of anilines is 1. The molecule has 1 aliphatic heterocycles. The van der Waals surface area contributed by atoms with Crippen molar-refractivity contribution in [2.75, 3.05) is 25.1 Å². The number of halogens is 1. The molecule has 0 radical (unpaired) electrons. The van der Waals surface area contributed by atoms with Crippen molar-refractivity contribution in [3.05, 3.63) is 58.8 Å². The Labute approximate surface area is 174 Å². The number of hydrogen-bond acceptors (Lipinski definition) is 4. The number of aryl methyl sites for hydroxylation is 1. The number of benzene rings is 1. The second-order valence-electron chi connectivity index (χ2n) is 6.99. The van der Waals surface area contributed by atoms with E-state index in [1.165, 1.54) is 0 Å². The Hall–Kier alpha value is -2.99. The van der Waals surface area contributed by atoms with Gasteiger partial charge >= 0.3 is 0 Å². The summed E-state index contributed by atoms with van der Waals surface area (Å²) in [5.74, 6) is 0.378. The zero-order chi connectivity index (χ0) is 20.5. The van der Waals surface area contributed by atoms with Gasteiger partial charge in [0.2, 0.25) is 5.91 Å². The third kappa shape index (κ3) is 3.44. The molecule has 3 aromatic rings. The number of hydrogen-bond donors (Lipinski definition) is 1. The Morgan fingerprint density at radius 2 is 2.14 bits per heavy atom. The molecule has 1 aliphatic rings. The number of nitrogens with two attached hydrogens (primary N) is 1. The fourth-order valence-corrected chi connectivity index (χ4v) is 4.08. The van der Waals surface area contributed by atoms with Crippen molar-refractivity contribution in [1.82, 2.24) is 9.61 Å². The van der Waals surface area contributed by atoms with Crippen LogP contribution in [0, 0.1) is 0 Å². The first kappa shape index (κ1) is 19.3. The van der Waals surface area contributed by atoms with Gasteiger partial charge in [0.05, 0.1) is 34.7 Å². The van der Waals surface area contributed by atoms with Gasteiger partial charge in [0.15, 0.2) is 0 Å². The lowest BCUT2D eigenvalue weighted by atomic mass is 10.1. The van der Waals surface area contributed by atoms with Crippen LogP contribution in [0.3, 0.4) is 0 Å². The number of primary amides is 1. The highest BCUT2D eigenvalue weighted by Crippen LogP contribution is 2.35. The van der Waals surface area contributed by atoms with Crippen molar-refractivity contribution in [2.45, 2.75) is 19.8 Å². The van der Waals surface area contributed by atoms with Crippen LogP contribution in [0.2, 0.25) is 5.02 Å². The van der Waals surface area contributed by atoms with E-state index in [1.807, 2.05) is 40.9 Å². The van der Waals surface area contributed by atoms with Crippen molar-refractivity contribution >= 4 is 28.7 Å². The molecule has 150 valence electrons. The summed E-state index contributed by atoms with van der Waals surface area (Å²) < 4.78 is 7.22. The maximum absolute atomic E-state index is 11.5. The van der Waals surface area contributed by atoms with E-state index in [1.54, 1.807) is 7.11 Å². The summed E-state index contributed by atoms with van der Waals surface area (Å²) in [5, 5.41) is 5.50. The molecule has 29 heavy (non-hydrogen) atoms. The van der Waals surface area contributed by atoms with E-state index in [0.717, 1.165) is 41.1 Å². The van der Waals surface area contributed by atoms with E-state index in [2.05, 4.69) is 17.9 Å². The summed E-state index contributed by atoms with van der Waals surface area (Å²) >= 11 is 6.53. The second kappa shape index (κ2) is 7.79. The fourth-order valence-electron chi connectivity index (χ4n) is 3.82. The molecule has 0 spiro atoms. The monoisotopic (exact) mass is 410 g/mol. The molecule has 3 heterocycles. The molecule has 1 aromatic carbocycles. The molecule has 2 N–H and O–H groups in total. The van der Waals surface area contributed by atoms with Gasteiger partial charge in [-0.1, -0.05) is 30.7 Å². The standard InChI is InChI=1S/C22H23ClN4O2/c1-3-18-21(26-11-9-14(10-12-26)22(24)28)20-6-4-5-19(27(20)25-18)16-8-7-15(29-2)13-17(16)23/h4-9,13H,3,10-12H2,1-2H3,(H2,24,28). The average molecular weight is 411 g/mol. The van der Waals surface area contributed by atoms with Gasteiger partial charge < -0.3 is 15.4 Å². The van der Waals surface area contributed by atoms with Gasteiger partial charge in [0.1, 0.15) is 5.75 Å². The highest BCUT2D eigenvalue weighted by atomic mass is 35.5. The minimum atomic E-state index is -0.336. The normalized spacial score (nSPS) is 14.2. The summed E-state index contributed by atoms with van der Waals surface area (Å²) in [6, 6.07) is 11.7. The van der Waals surface area contributed by atoms with Gasteiger partial charge in [-0.05, 0) is 43.2 Å². The predicted octanol–water partition coefficient (Wildman–Crippen LogP) is 3.85. The number of nitrogens with zero attached hydrogens (tertiary/aromatic N) is 3. The molecule has 0 atom stereocenters. The molecule has 2 aromatic heterocycles. The number of aromatic nitrogens is 2. The van der Waals surface area contributed by atoms with Crippen LogP contribution < -0.4 is 15.4 Å². The maximum atomic E-state index is 11.5. The quantitative estimate of drug-likeness (QED) is 0.693. The van der Waals surface area contributed by atoms with Crippen molar-refractivity contribution in [3.63, 3.8) is 0 Å². The van der Waals surface area contributed by atoms with Crippen LogP contribution in [0.5, 0.6) is 5.75 Å². The lowest BCUT2D eigenvalue weighted by Gasteiger charge is -2.27. The molecular weight excluding hydrogens is 388 g/mol. The Balaban J connectivity index is 1.83. The van der Waals surface area contributed by atoms with Crippen molar-refractivity contribution in [2.24, 2.45) is 5.73 Å². The number of pyridine rings is 1. The predicted molar refractivity (Wildman–Crippen MR) is 116 cm³/mol. The summed E-state index contributed by atoms with van der Waals surface area (Å²) in [6.45, 7) is 3.47. The Morgan fingerprint density at radius 1 is 1.31 bits per heavy atom. The molecule has 6 nitrogen and oxygen atoms in total. The zero-order valence-corrected chi connectivity index (χ0v) is 17.2. The Morgan fingerprint density at radius 3 is 2.76 bits per heavy atom. The van der Waals surface area contributed by atoms with E-state index >= 15 is 0 Å². The van der Waals surface area contributed by atoms with Gasteiger partial charge in [0.25, 0.3) is 0 Å². The Bertz CT molecular complexity index is 1120. The lowest BCUT2D eigenvalue weighted by molar-refractivity contribution is -0.114. The topological polar surface area (TPSA) is 72.9 Å². The lowest BCUT2D eigenvalue weighted by Crippen LogP contribution is -2.32. The van der Waals surface area contributed by atoms with Crippen molar-refractivity contribution in [1.29, 1.82) is 0 Å². The smallest absolute Gasteiger partial charge is 0.244 e. The number of rotatable bonds is 5. The number of ether oxygens (including phenoxy) is 1. The van der Waals surface area contributed by atoms with E-state index in [0.29, 0.717) is 29.3 Å². The van der Waals surface area contributed by atoms with Gasteiger partial charge in [0, 0.05) is 24.2 Å². The first-order valence-electron chi connectivity index (χ1n) is 9.61. The van der Waals surface area contributed by atoms with Gasteiger partial charge in [-0.15, -0.1) is 0 Å². The summed E-state index contributed by atoms with van der Waals surface area (Å²) in [4.78, 5) is 13.7. The third-order valence-corrected chi connectivity index (χ3v) is 5.64. The summed E-state index contributed by atoms with van der Waals surface area (Å²) in [6.07, 6.45) is 3.36. The van der Waals surface area contributed by atoms with E-state index in [-0.39, 0.29) is 5.91 Å². The van der Waals surface area contributed by atoms with Gasteiger partial charge in [-0.25, -0.2) is 4.52 Å². The first-order valence-corrected chi connectivity index (χ1v) is 9.99. The first-order chi connectivity index (χ1) is 14.0. The highest BCUT2D eigenvalue weighted by Gasteiger charge is 2.23. The number of methoxy groups -OCH3 is 1. The molecule has 0 bridgehead atoms. The number of carbonyl (C=O) groups is 1. The fraction of sp³-hybridized carbons (Fsp3) is 0.273. The highest BCUT2D eigenvalue weighted by molar-refractivity contribution is 6.33. The van der Waals surface area contributed by atoms with Crippen LogP contribution in [-0.2, 0) is 11.2 Å². The van der Waals surface area contributed by atoms with Crippen molar-refractivity contribution in [3.8, 4) is 17.0 Å². The third-order valence-electron chi connectivity index (χ3n) is 5.33. The van der Waals surface area contributed by atoms with Crippen LogP contribution in [0.1, 0.15) is 19.0 Å². The van der Waals surface area contributed by atoms with Crippen LogP contribution in [0.15, 0.2) is 48.0 Å². The van der Waals surface area contributed by atoms with Crippen LogP contribution in [0.4, 0.5) is 5.69 Å².